The predicted molar refractivity (Wildman–Crippen MR) is 96.1 cm³/mol. The molecule has 2 aromatic carbocycles. The second-order valence-electron chi connectivity index (χ2n) is 5.95. The van der Waals surface area contributed by atoms with E-state index in [1.54, 1.807) is 7.05 Å². The highest BCUT2D eigenvalue weighted by molar-refractivity contribution is 5.99. The van der Waals surface area contributed by atoms with E-state index in [0.29, 0.717) is 17.8 Å². The standard InChI is InChI=1S/C20H21N3O/c1-14-9-10-17(11-15(14)2)19-18(20(24)21-3)13-23(22-19)12-16-7-5-4-6-8-16/h4-11,13H,12H2,1-3H3,(H,21,24). The van der Waals surface area contributed by atoms with Crippen LogP contribution in [0.1, 0.15) is 27.0 Å². The summed E-state index contributed by atoms with van der Waals surface area (Å²) in [5.41, 5.74) is 5.83. The van der Waals surface area contributed by atoms with Gasteiger partial charge in [0.2, 0.25) is 0 Å². The molecule has 3 rings (SSSR count). The number of benzene rings is 2. The van der Waals surface area contributed by atoms with Crippen LogP contribution in [0.2, 0.25) is 0 Å². The molecule has 1 aromatic heterocycles. The number of aromatic nitrogens is 2. The minimum Gasteiger partial charge on any atom is -0.355 e. The summed E-state index contributed by atoms with van der Waals surface area (Å²) in [6, 6.07) is 16.3. The molecule has 4 heteroatoms. The van der Waals surface area contributed by atoms with Crippen LogP contribution in [0, 0.1) is 13.8 Å². The van der Waals surface area contributed by atoms with Crippen LogP contribution in [0.3, 0.4) is 0 Å². The Morgan fingerprint density at radius 1 is 1.08 bits per heavy atom. The minimum absolute atomic E-state index is 0.123. The number of nitrogens with zero attached hydrogens (tertiary/aromatic N) is 2. The lowest BCUT2D eigenvalue weighted by molar-refractivity contribution is 0.0963. The van der Waals surface area contributed by atoms with E-state index >= 15 is 0 Å². The van der Waals surface area contributed by atoms with Crippen LogP contribution in [-0.4, -0.2) is 22.7 Å². The van der Waals surface area contributed by atoms with Gasteiger partial charge in [0.1, 0.15) is 5.69 Å². The van der Waals surface area contributed by atoms with Crippen molar-refractivity contribution in [1.82, 2.24) is 15.1 Å². The quantitative estimate of drug-likeness (QED) is 0.799. The summed E-state index contributed by atoms with van der Waals surface area (Å²) in [7, 11) is 1.64. The first kappa shape index (κ1) is 16.0. The van der Waals surface area contributed by atoms with Gasteiger partial charge in [0, 0.05) is 18.8 Å². The Balaban J connectivity index is 2.03. The molecule has 122 valence electrons. The molecule has 3 aromatic rings. The summed E-state index contributed by atoms with van der Waals surface area (Å²) in [5, 5.41) is 7.37. The van der Waals surface area contributed by atoms with Gasteiger partial charge in [-0.2, -0.15) is 5.10 Å². The summed E-state index contributed by atoms with van der Waals surface area (Å²) < 4.78 is 1.82. The van der Waals surface area contributed by atoms with Crippen molar-refractivity contribution in [2.45, 2.75) is 20.4 Å². The smallest absolute Gasteiger partial charge is 0.254 e. The second-order valence-corrected chi connectivity index (χ2v) is 5.95. The lowest BCUT2D eigenvalue weighted by Gasteiger charge is -2.05. The van der Waals surface area contributed by atoms with Crippen molar-refractivity contribution in [3.05, 3.63) is 77.0 Å². The summed E-state index contributed by atoms with van der Waals surface area (Å²) in [4.78, 5) is 12.3. The monoisotopic (exact) mass is 319 g/mol. The number of aryl methyl sites for hydroxylation is 2. The van der Waals surface area contributed by atoms with Crippen molar-refractivity contribution >= 4 is 5.91 Å². The number of hydrogen-bond acceptors (Lipinski definition) is 2. The SMILES string of the molecule is CNC(=O)c1cn(Cc2ccccc2)nc1-c1ccc(C)c(C)c1. The van der Waals surface area contributed by atoms with Crippen molar-refractivity contribution in [3.8, 4) is 11.3 Å². The maximum Gasteiger partial charge on any atom is 0.254 e. The molecule has 0 aliphatic rings. The van der Waals surface area contributed by atoms with Crippen LogP contribution in [0.4, 0.5) is 0 Å². The van der Waals surface area contributed by atoms with Gasteiger partial charge in [-0.05, 0) is 36.6 Å². The van der Waals surface area contributed by atoms with Gasteiger partial charge in [0.05, 0.1) is 12.1 Å². The molecule has 0 aliphatic heterocycles. The van der Waals surface area contributed by atoms with Gasteiger partial charge in [-0.15, -0.1) is 0 Å². The fraction of sp³-hybridized carbons (Fsp3) is 0.200. The van der Waals surface area contributed by atoms with E-state index in [0.717, 1.165) is 11.1 Å². The molecule has 0 atom stereocenters. The Labute approximate surface area is 142 Å². The van der Waals surface area contributed by atoms with E-state index in [2.05, 4.69) is 48.5 Å². The first-order valence-corrected chi connectivity index (χ1v) is 7.99. The number of carbonyl (C=O) groups excluding carboxylic acids is 1. The summed E-state index contributed by atoms with van der Waals surface area (Å²) >= 11 is 0. The lowest BCUT2D eigenvalue weighted by atomic mass is 10.0. The summed E-state index contributed by atoms with van der Waals surface area (Å²) in [6.45, 7) is 4.78. The van der Waals surface area contributed by atoms with E-state index in [4.69, 9.17) is 0 Å². The Morgan fingerprint density at radius 2 is 1.83 bits per heavy atom. The average Bonchev–Trinajstić information content (AvgIpc) is 3.01. The first-order chi connectivity index (χ1) is 11.6. The molecule has 0 spiro atoms. The molecule has 0 saturated heterocycles. The normalized spacial score (nSPS) is 10.6. The van der Waals surface area contributed by atoms with Crippen molar-refractivity contribution < 1.29 is 4.79 Å². The van der Waals surface area contributed by atoms with Gasteiger partial charge in [0.25, 0.3) is 5.91 Å². The van der Waals surface area contributed by atoms with Gasteiger partial charge in [0.15, 0.2) is 0 Å². The molecule has 0 saturated carbocycles. The lowest BCUT2D eigenvalue weighted by Crippen LogP contribution is -2.18. The van der Waals surface area contributed by atoms with Crippen molar-refractivity contribution in [3.63, 3.8) is 0 Å². The third-order valence-electron chi connectivity index (χ3n) is 4.20. The van der Waals surface area contributed by atoms with Crippen molar-refractivity contribution in [2.75, 3.05) is 7.05 Å². The fourth-order valence-electron chi connectivity index (χ4n) is 2.68. The molecule has 1 N–H and O–H groups in total. The molecule has 0 radical (unpaired) electrons. The van der Waals surface area contributed by atoms with E-state index in [-0.39, 0.29) is 5.91 Å². The Kier molecular flexibility index (Phi) is 4.47. The second kappa shape index (κ2) is 6.71. The zero-order chi connectivity index (χ0) is 17.1. The van der Waals surface area contributed by atoms with Crippen LogP contribution in [0.15, 0.2) is 54.7 Å². The van der Waals surface area contributed by atoms with Crippen LogP contribution in [0.25, 0.3) is 11.3 Å². The maximum absolute atomic E-state index is 12.3. The largest absolute Gasteiger partial charge is 0.355 e. The molecule has 24 heavy (non-hydrogen) atoms. The molecular formula is C20H21N3O. The van der Waals surface area contributed by atoms with E-state index in [1.807, 2.05) is 35.1 Å². The van der Waals surface area contributed by atoms with Gasteiger partial charge in [-0.1, -0.05) is 42.5 Å². The number of carbonyl (C=O) groups is 1. The number of amides is 1. The molecule has 4 nitrogen and oxygen atoms in total. The van der Waals surface area contributed by atoms with E-state index < -0.39 is 0 Å². The Bertz CT molecular complexity index is 866. The van der Waals surface area contributed by atoms with Gasteiger partial charge in [-0.25, -0.2) is 0 Å². The molecule has 1 amide bonds. The third-order valence-corrected chi connectivity index (χ3v) is 4.20. The Morgan fingerprint density at radius 3 is 2.50 bits per heavy atom. The van der Waals surface area contributed by atoms with Gasteiger partial charge >= 0.3 is 0 Å². The fourth-order valence-corrected chi connectivity index (χ4v) is 2.68. The zero-order valence-corrected chi connectivity index (χ0v) is 14.2. The highest BCUT2D eigenvalue weighted by Crippen LogP contribution is 2.25. The highest BCUT2D eigenvalue weighted by atomic mass is 16.1. The van der Waals surface area contributed by atoms with Crippen LogP contribution < -0.4 is 5.32 Å². The molecule has 0 bridgehead atoms. The minimum atomic E-state index is -0.123. The van der Waals surface area contributed by atoms with Crippen molar-refractivity contribution in [2.24, 2.45) is 0 Å². The number of rotatable bonds is 4. The van der Waals surface area contributed by atoms with Crippen molar-refractivity contribution in [1.29, 1.82) is 0 Å². The third kappa shape index (κ3) is 3.23. The zero-order valence-electron chi connectivity index (χ0n) is 14.2. The predicted octanol–water partition coefficient (Wildman–Crippen LogP) is 3.57. The van der Waals surface area contributed by atoms with E-state index in [1.165, 1.54) is 11.1 Å². The molecule has 0 aliphatic carbocycles. The van der Waals surface area contributed by atoms with Crippen LogP contribution in [0.5, 0.6) is 0 Å². The van der Waals surface area contributed by atoms with Gasteiger partial charge < -0.3 is 5.32 Å². The summed E-state index contributed by atoms with van der Waals surface area (Å²) in [6.07, 6.45) is 1.82. The average molecular weight is 319 g/mol. The van der Waals surface area contributed by atoms with E-state index in [9.17, 15) is 4.79 Å². The molecule has 0 unspecified atom stereocenters. The van der Waals surface area contributed by atoms with Crippen LogP contribution >= 0.6 is 0 Å². The van der Waals surface area contributed by atoms with Crippen LogP contribution in [-0.2, 0) is 6.54 Å². The topological polar surface area (TPSA) is 46.9 Å². The first-order valence-electron chi connectivity index (χ1n) is 7.99. The van der Waals surface area contributed by atoms with Gasteiger partial charge in [-0.3, -0.25) is 9.48 Å². The number of nitrogens with one attached hydrogen (secondary N) is 1. The molecular weight excluding hydrogens is 298 g/mol. The number of hydrogen-bond donors (Lipinski definition) is 1. The Hall–Kier alpha value is -2.88. The molecule has 1 heterocycles. The molecule has 0 fully saturated rings. The maximum atomic E-state index is 12.3. The summed E-state index contributed by atoms with van der Waals surface area (Å²) in [5.74, 6) is -0.123. The highest BCUT2D eigenvalue weighted by Gasteiger charge is 2.17.